The van der Waals surface area contributed by atoms with Crippen LogP contribution in [-0.2, 0) is 0 Å². The van der Waals surface area contributed by atoms with Crippen molar-refractivity contribution in [1.29, 1.82) is 0 Å². The van der Waals surface area contributed by atoms with Gasteiger partial charge in [-0.1, -0.05) is 24.3 Å². The minimum atomic E-state index is 0.522. The first-order chi connectivity index (χ1) is 15.0. The molecule has 4 rings (SSSR count). The maximum Gasteiger partial charge on any atom is 0.127 e. The van der Waals surface area contributed by atoms with Crippen LogP contribution in [-0.4, -0.2) is 0 Å². The summed E-state index contributed by atoms with van der Waals surface area (Å²) >= 11 is 0. The van der Waals surface area contributed by atoms with Crippen LogP contribution in [0.5, 0.6) is 11.5 Å². The van der Waals surface area contributed by atoms with Gasteiger partial charge >= 0.3 is 0 Å². The summed E-state index contributed by atoms with van der Waals surface area (Å²) in [6.45, 7) is 3.90. The highest BCUT2D eigenvalue weighted by molar-refractivity contribution is 5.66. The van der Waals surface area contributed by atoms with Crippen molar-refractivity contribution in [2.24, 2.45) is 0 Å². The Morgan fingerprint density at radius 2 is 0.903 bits per heavy atom. The van der Waals surface area contributed by atoms with Gasteiger partial charge in [0.15, 0.2) is 0 Å². The summed E-state index contributed by atoms with van der Waals surface area (Å²) in [4.78, 5) is 0. The SMILES string of the molecule is Cc1cccc(N([O-])c2ccc(Oc3ccc(N([O-])c4cccc(C)c4)cc3)cc2)c1. The van der Waals surface area contributed by atoms with Gasteiger partial charge in [-0.05, 0) is 97.8 Å². The molecule has 156 valence electrons. The predicted molar refractivity (Wildman–Crippen MR) is 126 cm³/mol. The van der Waals surface area contributed by atoms with Crippen molar-refractivity contribution in [3.63, 3.8) is 0 Å². The van der Waals surface area contributed by atoms with Crippen molar-refractivity contribution in [3.8, 4) is 11.5 Å². The predicted octanol–water partition coefficient (Wildman–Crippen LogP) is 7.37. The topological polar surface area (TPSA) is 61.8 Å². The van der Waals surface area contributed by atoms with E-state index in [1.165, 1.54) is 0 Å². The van der Waals surface area contributed by atoms with Crippen LogP contribution in [0.1, 0.15) is 11.1 Å². The van der Waals surface area contributed by atoms with Crippen LogP contribution in [0.2, 0.25) is 0 Å². The average molecular weight is 410 g/mol. The van der Waals surface area contributed by atoms with Gasteiger partial charge in [-0.3, -0.25) is 0 Å². The number of hydrogen-bond donors (Lipinski definition) is 0. The molecule has 0 aliphatic heterocycles. The fraction of sp³-hybridized carbons (Fsp3) is 0.0769. The largest absolute Gasteiger partial charge is 0.754 e. The molecule has 4 aromatic rings. The van der Waals surface area contributed by atoms with Gasteiger partial charge in [0.2, 0.25) is 0 Å². The molecule has 0 aliphatic carbocycles. The molecule has 0 N–H and O–H groups in total. The van der Waals surface area contributed by atoms with Gasteiger partial charge in [-0.15, -0.1) is 0 Å². The molecule has 5 nitrogen and oxygen atoms in total. The standard InChI is InChI=1S/C26H22N2O3/c1-19-5-3-7-23(17-19)27(29)21-9-13-25(14-10-21)31-26-15-11-22(12-16-26)28(30)24-8-4-6-20(2)18-24/h3-18H,1-2H3/q-2. The van der Waals surface area contributed by atoms with Crippen LogP contribution < -0.4 is 14.9 Å². The second-order valence-corrected chi connectivity index (χ2v) is 7.36. The van der Waals surface area contributed by atoms with E-state index in [1.54, 1.807) is 60.7 Å². The van der Waals surface area contributed by atoms with E-state index >= 15 is 0 Å². The number of nitrogens with zero attached hydrogens (tertiary/aromatic N) is 2. The molecule has 31 heavy (non-hydrogen) atoms. The quantitative estimate of drug-likeness (QED) is 0.311. The van der Waals surface area contributed by atoms with Gasteiger partial charge in [-0.2, -0.15) is 0 Å². The molecular weight excluding hydrogens is 388 g/mol. The fourth-order valence-electron chi connectivity index (χ4n) is 3.24. The van der Waals surface area contributed by atoms with Crippen LogP contribution in [0, 0.1) is 24.3 Å². The van der Waals surface area contributed by atoms with Crippen LogP contribution in [0.3, 0.4) is 0 Å². The van der Waals surface area contributed by atoms with Gasteiger partial charge in [0.25, 0.3) is 0 Å². The van der Waals surface area contributed by atoms with Gasteiger partial charge < -0.3 is 25.3 Å². The van der Waals surface area contributed by atoms with E-state index in [2.05, 4.69) is 0 Å². The lowest BCUT2D eigenvalue weighted by Gasteiger charge is -2.31. The van der Waals surface area contributed by atoms with Crippen molar-refractivity contribution < 1.29 is 4.74 Å². The Labute approximate surface area is 181 Å². The molecule has 0 aromatic heterocycles. The Morgan fingerprint density at radius 3 is 1.26 bits per heavy atom. The molecule has 4 aromatic carbocycles. The van der Waals surface area contributed by atoms with Crippen LogP contribution in [0.25, 0.3) is 0 Å². The minimum absolute atomic E-state index is 0.522. The molecular formula is C26H22N2O3-2. The van der Waals surface area contributed by atoms with E-state index in [0.29, 0.717) is 34.2 Å². The van der Waals surface area contributed by atoms with Gasteiger partial charge in [0.05, 0.1) is 0 Å². The molecule has 0 unspecified atom stereocenters. The van der Waals surface area contributed by atoms with Crippen LogP contribution in [0.15, 0.2) is 97.1 Å². The summed E-state index contributed by atoms with van der Waals surface area (Å²) in [5, 5.41) is 26.9. The van der Waals surface area contributed by atoms with Gasteiger partial charge in [0, 0.05) is 22.7 Å². The molecule has 0 atom stereocenters. The maximum absolute atomic E-state index is 12.5. The highest BCUT2D eigenvalue weighted by Gasteiger charge is 2.04. The molecule has 0 aliphatic rings. The van der Waals surface area contributed by atoms with E-state index in [1.807, 2.05) is 50.2 Å². The number of ether oxygens (including phenoxy) is 1. The van der Waals surface area contributed by atoms with Crippen molar-refractivity contribution in [3.05, 3.63) is 119 Å². The molecule has 0 heterocycles. The molecule has 0 saturated carbocycles. The summed E-state index contributed by atoms with van der Waals surface area (Å²) in [5.41, 5.74) is 4.27. The van der Waals surface area contributed by atoms with Gasteiger partial charge in [0.1, 0.15) is 11.5 Å². The molecule has 0 saturated heterocycles. The Morgan fingerprint density at radius 1 is 0.516 bits per heavy atom. The molecule has 0 bridgehead atoms. The lowest BCUT2D eigenvalue weighted by atomic mass is 10.2. The fourth-order valence-corrected chi connectivity index (χ4v) is 3.24. The zero-order valence-corrected chi connectivity index (χ0v) is 17.4. The molecule has 5 heteroatoms. The summed E-state index contributed by atoms with van der Waals surface area (Å²) < 4.78 is 5.86. The summed E-state index contributed by atoms with van der Waals surface area (Å²) in [5.74, 6) is 1.21. The van der Waals surface area contributed by atoms with E-state index in [9.17, 15) is 10.4 Å². The molecule has 0 amide bonds. The normalized spacial score (nSPS) is 10.6. The van der Waals surface area contributed by atoms with Crippen molar-refractivity contribution in [2.45, 2.75) is 13.8 Å². The minimum Gasteiger partial charge on any atom is -0.754 e. The van der Waals surface area contributed by atoms with Crippen LogP contribution >= 0.6 is 0 Å². The summed E-state index contributed by atoms with van der Waals surface area (Å²) in [6, 6.07) is 28.7. The summed E-state index contributed by atoms with van der Waals surface area (Å²) in [7, 11) is 0. The number of anilines is 4. The maximum atomic E-state index is 12.5. The Balaban J connectivity index is 1.43. The highest BCUT2D eigenvalue weighted by Crippen LogP contribution is 2.31. The van der Waals surface area contributed by atoms with Crippen molar-refractivity contribution in [1.82, 2.24) is 0 Å². The monoisotopic (exact) mass is 410 g/mol. The van der Waals surface area contributed by atoms with E-state index in [-0.39, 0.29) is 0 Å². The lowest BCUT2D eigenvalue weighted by molar-refractivity contribution is 0.483. The summed E-state index contributed by atoms with van der Waals surface area (Å²) in [6.07, 6.45) is 0. The Hall–Kier alpha value is -3.80. The first-order valence-electron chi connectivity index (χ1n) is 9.95. The first kappa shape index (κ1) is 20.5. The van der Waals surface area contributed by atoms with E-state index in [4.69, 9.17) is 4.74 Å². The van der Waals surface area contributed by atoms with E-state index in [0.717, 1.165) is 21.3 Å². The second kappa shape index (κ2) is 8.92. The molecule has 0 radical (unpaired) electrons. The van der Waals surface area contributed by atoms with Gasteiger partial charge in [-0.25, -0.2) is 0 Å². The zero-order valence-electron chi connectivity index (χ0n) is 17.4. The smallest absolute Gasteiger partial charge is 0.127 e. The third-order valence-corrected chi connectivity index (χ3v) is 4.85. The first-order valence-corrected chi connectivity index (χ1v) is 9.95. The molecule has 0 spiro atoms. The second-order valence-electron chi connectivity index (χ2n) is 7.36. The number of hydrogen-bond acceptors (Lipinski definition) is 5. The Bertz CT molecular complexity index is 1060. The van der Waals surface area contributed by atoms with Crippen LogP contribution in [0.4, 0.5) is 22.7 Å². The zero-order chi connectivity index (χ0) is 21.8. The number of benzene rings is 4. The van der Waals surface area contributed by atoms with Crippen molar-refractivity contribution in [2.75, 3.05) is 10.1 Å². The number of rotatable bonds is 6. The Kier molecular flexibility index (Phi) is 5.89. The van der Waals surface area contributed by atoms with E-state index < -0.39 is 0 Å². The number of aryl methyl sites for hydroxylation is 2. The highest BCUT2D eigenvalue weighted by atomic mass is 16.5. The van der Waals surface area contributed by atoms with Crippen molar-refractivity contribution >= 4 is 22.7 Å². The molecule has 0 fully saturated rings. The third kappa shape index (κ3) is 4.86. The lowest BCUT2D eigenvalue weighted by Crippen LogP contribution is -2.06. The average Bonchev–Trinajstić information content (AvgIpc) is 2.79. The third-order valence-electron chi connectivity index (χ3n) is 4.85.